The zero-order valence-electron chi connectivity index (χ0n) is 14.5. The van der Waals surface area contributed by atoms with Crippen molar-refractivity contribution in [1.82, 2.24) is 25.4 Å². The number of nitrogens with zero attached hydrogens (tertiary/aromatic N) is 4. The van der Waals surface area contributed by atoms with Gasteiger partial charge in [-0.05, 0) is 36.4 Å². The average Bonchev–Trinajstić information content (AvgIpc) is 3.38. The van der Waals surface area contributed by atoms with Gasteiger partial charge in [-0.25, -0.2) is 14.5 Å². The molecule has 27 heavy (non-hydrogen) atoms. The highest BCUT2D eigenvalue weighted by molar-refractivity contribution is 5.97. The van der Waals surface area contributed by atoms with Crippen molar-refractivity contribution in [3.63, 3.8) is 0 Å². The minimum Gasteiger partial charge on any atom is -0.348 e. The van der Waals surface area contributed by atoms with Gasteiger partial charge in [-0.3, -0.25) is 9.69 Å². The second-order valence-electron chi connectivity index (χ2n) is 6.05. The van der Waals surface area contributed by atoms with E-state index >= 15 is 0 Å². The number of anilines is 1. The van der Waals surface area contributed by atoms with Gasteiger partial charge in [-0.2, -0.15) is 5.10 Å². The molecule has 1 aromatic carbocycles. The number of hydrogen-bond acceptors (Lipinski definition) is 4. The van der Waals surface area contributed by atoms with Crippen LogP contribution in [0.5, 0.6) is 0 Å². The van der Waals surface area contributed by atoms with E-state index < -0.39 is 0 Å². The molecule has 0 bridgehead atoms. The maximum absolute atomic E-state index is 12.5. The molecule has 0 unspecified atom stereocenters. The van der Waals surface area contributed by atoms with Crippen LogP contribution in [0, 0.1) is 0 Å². The van der Waals surface area contributed by atoms with Crippen molar-refractivity contribution in [2.75, 3.05) is 18.0 Å². The first-order valence-electron chi connectivity index (χ1n) is 8.60. The number of hydrogen-bond donors (Lipinski definition) is 2. The predicted octanol–water partition coefficient (Wildman–Crippen LogP) is 1.73. The SMILES string of the molecule is O=C(NCc1cccnc1-n1cccn1)c1ccc(N2CCNC2=O)cc1. The molecule has 0 aliphatic carbocycles. The van der Waals surface area contributed by atoms with E-state index in [4.69, 9.17) is 0 Å². The van der Waals surface area contributed by atoms with Crippen LogP contribution in [0.3, 0.4) is 0 Å². The van der Waals surface area contributed by atoms with Crippen molar-refractivity contribution >= 4 is 17.6 Å². The molecule has 3 aromatic rings. The third-order valence-corrected chi connectivity index (χ3v) is 4.33. The number of urea groups is 1. The number of rotatable bonds is 5. The Bertz CT molecular complexity index is 953. The molecule has 3 amide bonds. The first kappa shape index (κ1) is 16.8. The summed E-state index contributed by atoms with van der Waals surface area (Å²) in [4.78, 5) is 30.2. The van der Waals surface area contributed by atoms with Gasteiger partial charge >= 0.3 is 6.03 Å². The molecule has 4 rings (SSSR count). The standard InChI is InChI=1S/C19H18N6O2/c26-18(14-4-6-16(7-5-14)24-12-10-21-19(24)27)22-13-15-3-1-8-20-17(15)25-11-2-9-23-25/h1-9,11H,10,12-13H2,(H,21,27)(H,22,26). The number of nitrogens with one attached hydrogen (secondary N) is 2. The summed E-state index contributed by atoms with van der Waals surface area (Å²) in [5.41, 5.74) is 2.16. The molecule has 0 spiro atoms. The Morgan fingerprint density at radius 2 is 2.00 bits per heavy atom. The summed E-state index contributed by atoms with van der Waals surface area (Å²) < 4.78 is 1.66. The Balaban J connectivity index is 1.44. The Hall–Kier alpha value is -3.68. The lowest BCUT2D eigenvalue weighted by Gasteiger charge is -2.14. The van der Waals surface area contributed by atoms with Crippen molar-refractivity contribution in [2.24, 2.45) is 0 Å². The second-order valence-corrected chi connectivity index (χ2v) is 6.05. The van der Waals surface area contributed by atoms with Crippen LogP contribution in [-0.2, 0) is 6.54 Å². The van der Waals surface area contributed by atoms with E-state index in [1.54, 1.807) is 52.4 Å². The molecule has 1 saturated heterocycles. The summed E-state index contributed by atoms with van der Waals surface area (Å²) in [6, 6.07) is 12.4. The van der Waals surface area contributed by atoms with E-state index in [0.29, 0.717) is 31.0 Å². The number of amides is 3. The fourth-order valence-electron chi connectivity index (χ4n) is 2.96. The van der Waals surface area contributed by atoms with E-state index in [-0.39, 0.29) is 11.9 Å². The quantitative estimate of drug-likeness (QED) is 0.723. The lowest BCUT2D eigenvalue weighted by molar-refractivity contribution is 0.0951. The van der Waals surface area contributed by atoms with Crippen molar-refractivity contribution in [3.05, 3.63) is 72.2 Å². The van der Waals surface area contributed by atoms with Crippen molar-refractivity contribution < 1.29 is 9.59 Å². The molecule has 8 nitrogen and oxygen atoms in total. The lowest BCUT2D eigenvalue weighted by atomic mass is 10.1. The minimum absolute atomic E-state index is 0.116. The van der Waals surface area contributed by atoms with E-state index in [1.165, 1.54) is 0 Å². The van der Waals surface area contributed by atoms with Crippen molar-refractivity contribution in [3.8, 4) is 5.82 Å². The lowest BCUT2D eigenvalue weighted by Crippen LogP contribution is -2.28. The third kappa shape index (κ3) is 3.50. The molecule has 3 heterocycles. The van der Waals surface area contributed by atoms with E-state index in [9.17, 15) is 9.59 Å². The zero-order valence-corrected chi connectivity index (χ0v) is 14.5. The van der Waals surface area contributed by atoms with Gasteiger partial charge in [0.25, 0.3) is 5.91 Å². The molecule has 0 radical (unpaired) electrons. The number of benzene rings is 1. The van der Waals surface area contributed by atoms with E-state index in [1.807, 2.05) is 18.2 Å². The van der Waals surface area contributed by atoms with Gasteiger partial charge in [-0.1, -0.05) is 6.07 Å². The summed E-state index contributed by atoms with van der Waals surface area (Å²) in [6.07, 6.45) is 5.18. The van der Waals surface area contributed by atoms with Gasteiger partial charge in [0.2, 0.25) is 0 Å². The van der Waals surface area contributed by atoms with E-state index in [2.05, 4.69) is 20.7 Å². The van der Waals surface area contributed by atoms with Crippen LogP contribution in [0.25, 0.3) is 5.82 Å². The van der Waals surface area contributed by atoms with Gasteiger partial charge in [0, 0.05) is 55.0 Å². The van der Waals surface area contributed by atoms with Gasteiger partial charge < -0.3 is 10.6 Å². The number of carbonyl (C=O) groups excluding carboxylic acids is 2. The third-order valence-electron chi connectivity index (χ3n) is 4.33. The summed E-state index contributed by atoms with van der Waals surface area (Å²) in [7, 11) is 0. The van der Waals surface area contributed by atoms with Crippen LogP contribution in [0.2, 0.25) is 0 Å². The second kappa shape index (κ2) is 7.28. The first-order valence-corrected chi connectivity index (χ1v) is 8.60. The molecular weight excluding hydrogens is 344 g/mol. The van der Waals surface area contributed by atoms with Crippen LogP contribution in [0.4, 0.5) is 10.5 Å². The molecular formula is C19H18N6O2. The van der Waals surface area contributed by atoms with Crippen molar-refractivity contribution in [1.29, 1.82) is 0 Å². The predicted molar refractivity (Wildman–Crippen MR) is 99.7 cm³/mol. The number of pyridine rings is 1. The molecule has 2 N–H and O–H groups in total. The van der Waals surface area contributed by atoms with Gasteiger partial charge in [0.05, 0.1) is 0 Å². The zero-order chi connectivity index (χ0) is 18.6. The highest BCUT2D eigenvalue weighted by Crippen LogP contribution is 2.17. The van der Waals surface area contributed by atoms with E-state index in [0.717, 1.165) is 11.3 Å². The normalized spacial score (nSPS) is 13.5. The van der Waals surface area contributed by atoms with Crippen LogP contribution < -0.4 is 15.5 Å². The van der Waals surface area contributed by atoms with Crippen LogP contribution in [0.15, 0.2) is 61.1 Å². The largest absolute Gasteiger partial charge is 0.348 e. The Labute approximate surface area is 155 Å². The summed E-state index contributed by atoms with van der Waals surface area (Å²) in [5, 5.41) is 9.85. The van der Waals surface area contributed by atoms with Crippen molar-refractivity contribution in [2.45, 2.75) is 6.54 Å². The van der Waals surface area contributed by atoms with Gasteiger partial charge in [0.15, 0.2) is 5.82 Å². The fraction of sp³-hybridized carbons (Fsp3) is 0.158. The minimum atomic E-state index is -0.192. The van der Waals surface area contributed by atoms with Gasteiger partial charge in [-0.15, -0.1) is 0 Å². The molecule has 1 aliphatic heterocycles. The molecule has 0 saturated carbocycles. The smallest absolute Gasteiger partial charge is 0.321 e. The average molecular weight is 362 g/mol. The fourth-order valence-corrected chi connectivity index (χ4v) is 2.96. The molecule has 2 aromatic heterocycles. The highest BCUT2D eigenvalue weighted by Gasteiger charge is 2.21. The van der Waals surface area contributed by atoms with Crippen LogP contribution in [0.1, 0.15) is 15.9 Å². The topological polar surface area (TPSA) is 92.2 Å². The Kier molecular flexibility index (Phi) is 4.52. The molecule has 8 heteroatoms. The number of carbonyl (C=O) groups is 2. The molecule has 136 valence electrons. The molecule has 0 atom stereocenters. The van der Waals surface area contributed by atoms with Crippen LogP contribution >= 0.6 is 0 Å². The maximum atomic E-state index is 12.5. The Morgan fingerprint density at radius 3 is 2.70 bits per heavy atom. The maximum Gasteiger partial charge on any atom is 0.321 e. The monoisotopic (exact) mass is 362 g/mol. The van der Waals surface area contributed by atoms with Crippen LogP contribution in [-0.4, -0.2) is 39.8 Å². The first-order chi connectivity index (χ1) is 13.2. The summed E-state index contributed by atoms with van der Waals surface area (Å²) in [5.74, 6) is 0.487. The highest BCUT2D eigenvalue weighted by atomic mass is 16.2. The van der Waals surface area contributed by atoms with Gasteiger partial charge in [0.1, 0.15) is 0 Å². The molecule has 1 aliphatic rings. The number of aromatic nitrogens is 3. The Morgan fingerprint density at radius 1 is 1.15 bits per heavy atom. The summed E-state index contributed by atoms with van der Waals surface area (Å²) in [6.45, 7) is 1.59. The summed E-state index contributed by atoms with van der Waals surface area (Å²) >= 11 is 0. The molecule has 1 fully saturated rings.